The molecule has 2 atom stereocenters. The molecule has 1 fully saturated rings. The highest BCUT2D eigenvalue weighted by Gasteiger charge is 2.35. The van der Waals surface area contributed by atoms with Gasteiger partial charge in [-0.15, -0.1) is 0 Å². The number of rotatable bonds is 2. The number of nitrogens with one attached hydrogen (secondary N) is 1. The van der Waals surface area contributed by atoms with Crippen LogP contribution < -0.4 is 10.1 Å². The highest BCUT2D eigenvalue weighted by Crippen LogP contribution is 2.38. The molecule has 0 radical (unpaired) electrons. The molecule has 1 aliphatic heterocycles. The summed E-state index contributed by atoms with van der Waals surface area (Å²) in [6.45, 7) is 6.67. The van der Waals surface area contributed by atoms with Crippen LogP contribution in [-0.4, -0.2) is 12.1 Å². The van der Waals surface area contributed by atoms with Crippen LogP contribution in [0.2, 0.25) is 0 Å². The van der Waals surface area contributed by atoms with Crippen LogP contribution in [0.25, 0.3) is 0 Å². The topological polar surface area (TPSA) is 21.3 Å². The Bertz CT molecular complexity index is 443. The normalized spacial score (nSPS) is 31.1. The van der Waals surface area contributed by atoms with Gasteiger partial charge in [0.15, 0.2) is 0 Å². The molecule has 0 aromatic heterocycles. The first-order valence-corrected chi connectivity index (χ1v) is 7.16. The second kappa shape index (κ2) is 4.58. The summed E-state index contributed by atoms with van der Waals surface area (Å²) in [7, 11) is 0. The number of fused-ring (bicyclic) bond motifs is 1. The lowest BCUT2D eigenvalue weighted by Gasteiger charge is -2.27. The van der Waals surface area contributed by atoms with E-state index in [0.29, 0.717) is 0 Å². The van der Waals surface area contributed by atoms with E-state index >= 15 is 0 Å². The number of hydrogen-bond acceptors (Lipinski definition) is 2. The van der Waals surface area contributed by atoms with Crippen molar-refractivity contribution in [2.75, 3.05) is 6.54 Å². The van der Waals surface area contributed by atoms with Crippen LogP contribution in [0.5, 0.6) is 5.75 Å². The van der Waals surface area contributed by atoms with Gasteiger partial charge in [0.1, 0.15) is 11.4 Å². The average molecular weight is 245 g/mol. The van der Waals surface area contributed by atoms with E-state index in [2.05, 4.69) is 37.4 Å². The molecule has 0 amide bonds. The monoisotopic (exact) mass is 245 g/mol. The smallest absolute Gasteiger partial charge is 0.120 e. The minimum Gasteiger partial charge on any atom is -0.488 e. The van der Waals surface area contributed by atoms with Gasteiger partial charge < -0.3 is 10.1 Å². The fourth-order valence-electron chi connectivity index (χ4n) is 3.39. The number of hydrogen-bond donors (Lipinski definition) is 1. The average Bonchev–Trinajstić information content (AvgIpc) is 2.69. The van der Waals surface area contributed by atoms with Crippen molar-refractivity contribution in [3.63, 3.8) is 0 Å². The zero-order valence-corrected chi connectivity index (χ0v) is 11.5. The van der Waals surface area contributed by atoms with Gasteiger partial charge >= 0.3 is 0 Å². The molecule has 2 aliphatic rings. The molecule has 1 aliphatic carbocycles. The molecule has 98 valence electrons. The second-order valence-electron chi connectivity index (χ2n) is 6.26. The van der Waals surface area contributed by atoms with E-state index in [1.54, 1.807) is 0 Å². The summed E-state index contributed by atoms with van der Waals surface area (Å²) in [6.07, 6.45) is 4.80. The van der Waals surface area contributed by atoms with Crippen molar-refractivity contribution in [2.24, 2.45) is 5.92 Å². The third-order valence-corrected chi connectivity index (χ3v) is 4.37. The van der Waals surface area contributed by atoms with E-state index in [-0.39, 0.29) is 5.60 Å². The highest BCUT2D eigenvalue weighted by atomic mass is 16.5. The number of benzene rings is 1. The van der Waals surface area contributed by atoms with Crippen LogP contribution in [0, 0.1) is 5.92 Å². The lowest BCUT2D eigenvalue weighted by molar-refractivity contribution is 0.0927. The SMILES string of the molecule is CC1CCC(C)(Oc2ccc3c(c2)CNCC3)C1. The van der Waals surface area contributed by atoms with Crippen molar-refractivity contribution in [1.29, 1.82) is 0 Å². The molecule has 3 rings (SSSR count). The lowest BCUT2D eigenvalue weighted by Crippen LogP contribution is -2.29. The fraction of sp³-hybridized carbons (Fsp3) is 0.625. The van der Waals surface area contributed by atoms with E-state index in [1.165, 1.54) is 30.4 Å². The minimum absolute atomic E-state index is 0.0513. The molecule has 18 heavy (non-hydrogen) atoms. The van der Waals surface area contributed by atoms with Crippen LogP contribution in [0.1, 0.15) is 44.2 Å². The summed E-state index contributed by atoms with van der Waals surface area (Å²) in [6, 6.07) is 6.63. The largest absolute Gasteiger partial charge is 0.488 e. The molecule has 1 aromatic carbocycles. The maximum atomic E-state index is 6.27. The Morgan fingerprint density at radius 2 is 2.22 bits per heavy atom. The fourth-order valence-corrected chi connectivity index (χ4v) is 3.39. The molecule has 0 bridgehead atoms. The molecule has 1 N–H and O–H groups in total. The van der Waals surface area contributed by atoms with Crippen LogP contribution in [0.15, 0.2) is 18.2 Å². The second-order valence-corrected chi connectivity index (χ2v) is 6.26. The van der Waals surface area contributed by atoms with Gasteiger partial charge in [0.25, 0.3) is 0 Å². The van der Waals surface area contributed by atoms with E-state index in [9.17, 15) is 0 Å². The van der Waals surface area contributed by atoms with Crippen molar-refractivity contribution >= 4 is 0 Å². The summed E-state index contributed by atoms with van der Waals surface area (Å²) in [5.41, 5.74) is 2.94. The first-order chi connectivity index (χ1) is 8.65. The van der Waals surface area contributed by atoms with Crippen LogP contribution in [0.3, 0.4) is 0 Å². The Balaban J connectivity index is 1.77. The zero-order chi connectivity index (χ0) is 12.6. The summed E-state index contributed by atoms with van der Waals surface area (Å²) in [4.78, 5) is 0. The van der Waals surface area contributed by atoms with Crippen molar-refractivity contribution in [1.82, 2.24) is 5.32 Å². The Morgan fingerprint density at radius 3 is 3.00 bits per heavy atom. The van der Waals surface area contributed by atoms with Gasteiger partial charge in [-0.2, -0.15) is 0 Å². The summed E-state index contributed by atoms with van der Waals surface area (Å²) >= 11 is 0. The minimum atomic E-state index is 0.0513. The van der Waals surface area contributed by atoms with E-state index in [1.807, 2.05) is 0 Å². The Labute approximate surface area is 110 Å². The molecule has 0 saturated heterocycles. The third kappa shape index (κ3) is 2.39. The predicted octanol–water partition coefficient (Wildman–Crippen LogP) is 3.29. The molecular weight excluding hydrogens is 222 g/mol. The molecular formula is C16H23NO. The van der Waals surface area contributed by atoms with Gasteiger partial charge in [-0.25, -0.2) is 0 Å². The Hall–Kier alpha value is -1.02. The van der Waals surface area contributed by atoms with E-state index < -0.39 is 0 Å². The Morgan fingerprint density at radius 1 is 1.33 bits per heavy atom. The molecule has 2 unspecified atom stereocenters. The quantitative estimate of drug-likeness (QED) is 0.863. The summed E-state index contributed by atoms with van der Waals surface area (Å²) < 4.78 is 6.27. The molecule has 1 aromatic rings. The highest BCUT2D eigenvalue weighted by molar-refractivity contribution is 5.37. The van der Waals surface area contributed by atoms with Crippen LogP contribution >= 0.6 is 0 Å². The van der Waals surface area contributed by atoms with Gasteiger partial charge in [-0.1, -0.05) is 13.0 Å². The molecule has 2 heteroatoms. The maximum Gasteiger partial charge on any atom is 0.120 e. The van der Waals surface area contributed by atoms with E-state index in [0.717, 1.165) is 31.2 Å². The third-order valence-electron chi connectivity index (χ3n) is 4.37. The Kier molecular flexibility index (Phi) is 3.06. The van der Waals surface area contributed by atoms with Gasteiger partial charge in [-0.3, -0.25) is 0 Å². The molecule has 0 spiro atoms. The summed E-state index contributed by atoms with van der Waals surface area (Å²) in [5, 5.41) is 3.42. The van der Waals surface area contributed by atoms with Gasteiger partial charge in [0.2, 0.25) is 0 Å². The predicted molar refractivity (Wildman–Crippen MR) is 73.9 cm³/mol. The molecule has 1 saturated carbocycles. The van der Waals surface area contributed by atoms with Crippen molar-refractivity contribution < 1.29 is 4.74 Å². The zero-order valence-electron chi connectivity index (χ0n) is 11.5. The maximum absolute atomic E-state index is 6.27. The summed E-state index contributed by atoms with van der Waals surface area (Å²) in [5.74, 6) is 1.85. The van der Waals surface area contributed by atoms with Crippen molar-refractivity contribution in [3.05, 3.63) is 29.3 Å². The molecule has 2 nitrogen and oxygen atoms in total. The van der Waals surface area contributed by atoms with Gasteiger partial charge in [0, 0.05) is 6.54 Å². The van der Waals surface area contributed by atoms with Crippen LogP contribution in [0.4, 0.5) is 0 Å². The first kappa shape index (κ1) is 12.0. The van der Waals surface area contributed by atoms with E-state index in [4.69, 9.17) is 4.74 Å². The van der Waals surface area contributed by atoms with Crippen molar-refractivity contribution in [3.8, 4) is 5.75 Å². The molecule has 1 heterocycles. The standard InChI is InChI=1S/C16H23NO/c1-12-5-7-16(2,10-12)18-15-4-3-13-6-8-17-11-14(13)9-15/h3-4,9,12,17H,5-8,10-11H2,1-2H3. The lowest BCUT2D eigenvalue weighted by atomic mass is 10.00. The first-order valence-electron chi connectivity index (χ1n) is 7.16. The van der Waals surface area contributed by atoms with Gasteiger partial charge in [0.05, 0.1) is 0 Å². The van der Waals surface area contributed by atoms with Crippen molar-refractivity contribution in [2.45, 2.75) is 51.7 Å². The van der Waals surface area contributed by atoms with Crippen LogP contribution in [-0.2, 0) is 13.0 Å². The van der Waals surface area contributed by atoms with Gasteiger partial charge in [-0.05, 0) is 68.3 Å². The number of ether oxygens (including phenoxy) is 1.